The van der Waals surface area contributed by atoms with Crippen molar-refractivity contribution in [3.8, 4) is 0 Å². The van der Waals surface area contributed by atoms with Crippen molar-refractivity contribution < 1.29 is 14.7 Å². The van der Waals surface area contributed by atoms with Crippen molar-refractivity contribution in [1.29, 1.82) is 0 Å². The maximum atomic E-state index is 11.9. The minimum atomic E-state index is -0.839. The van der Waals surface area contributed by atoms with Gasteiger partial charge in [0.25, 0.3) is 0 Å². The summed E-state index contributed by atoms with van der Waals surface area (Å²) in [6, 6.07) is 7.99. The van der Waals surface area contributed by atoms with Gasteiger partial charge in [-0.1, -0.05) is 43.7 Å². The molecule has 0 aliphatic carbocycles. The van der Waals surface area contributed by atoms with E-state index in [0.29, 0.717) is 19.6 Å². The summed E-state index contributed by atoms with van der Waals surface area (Å²) < 4.78 is 0. The first-order chi connectivity index (χ1) is 9.92. The molecule has 21 heavy (non-hydrogen) atoms. The molecule has 1 unspecified atom stereocenters. The number of carbonyl (C=O) groups excluding carboxylic acids is 1. The average Bonchev–Trinajstić information content (AvgIpc) is 2.45. The minimum absolute atomic E-state index is 0.0880. The average molecular weight is 292 g/mol. The van der Waals surface area contributed by atoms with E-state index in [1.807, 2.05) is 43.0 Å². The van der Waals surface area contributed by atoms with Gasteiger partial charge in [-0.25, -0.2) is 0 Å². The lowest BCUT2D eigenvalue weighted by molar-refractivity contribution is -0.142. The van der Waals surface area contributed by atoms with Gasteiger partial charge in [0.2, 0.25) is 5.91 Å². The monoisotopic (exact) mass is 292 g/mol. The molecule has 1 rings (SSSR count). The summed E-state index contributed by atoms with van der Waals surface area (Å²) in [6.07, 6.45) is 0. The fourth-order valence-electron chi connectivity index (χ4n) is 1.94. The lowest BCUT2D eigenvalue weighted by Crippen LogP contribution is -2.40. The van der Waals surface area contributed by atoms with Gasteiger partial charge < -0.3 is 10.4 Å². The van der Waals surface area contributed by atoms with Crippen LogP contribution in [-0.2, 0) is 16.1 Å². The Labute approximate surface area is 126 Å². The number of benzene rings is 1. The SMILES string of the molecule is CCN(CC(=O)NCc1ccc(C)cc1)CC(C)C(=O)O. The summed E-state index contributed by atoms with van der Waals surface area (Å²) in [5, 5.41) is 11.8. The predicted molar refractivity (Wildman–Crippen MR) is 81.9 cm³/mol. The molecular formula is C16H24N2O3. The molecule has 1 atom stereocenters. The zero-order valence-corrected chi connectivity index (χ0v) is 12.9. The lowest BCUT2D eigenvalue weighted by atomic mass is 10.1. The Hall–Kier alpha value is -1.88. The van der Waals surface area contributed by atoms with E-state index in [1.165, 1.54) is 5.56 Å². The van der Waals surface area contributed by atoms with Gasteiger partial charge in [0.1, 0.15) is 0 Å². The first kappa shape index (κ1) is 17.2. The summed E-state index contributed by atoms with van der Waals surface area (Å²) in [6.45, 7) is 7.33. The van der Waals surface area contributed by atoms with Crippen LogP contribution < -0.4 is 5.32 Å². The summed E-state index contributed by atoms with van der Waals surface area (Å²) >= 11 is 0. The second-order valence-electron chi connectivity index (χ2n) is 5.33. The molecule has 0 saturated heterocycles. The van der Waals surface area contributed by atoms with Crippen LogP contribution >= 0.6 is 0 Å². The summed E-state index contributed by atoms with van der Waals surface area (Å²) in [5.74, 6) is -1.40. The van der Waals surface area contributed by atoms with Crippen LogP contribution in [0.4, 0.5) is 0 Å². The van der Waals surface area contributed by atoms with Gasteiger partial charge in [-0.05, 0) is 19.0 Å². The van der Waals surface area contributed by atoms with Crippen LogP contribution in [0.15, 0.2) is 24.3 Å². The molecule has 0 aromatic heterocycles. The number of aliphatic carboxylic acids is 1. The molecule has 0 fully saturated rings. The predicted octanol–water partition coefficient (Wildman–Crippen LogP) is 1.65. The maximum absolute atomic E-state index is 11.9. The molecule has 1 aromatic rings. The highest BCUT2D eigenvalue weighted by atomic mass is 16.4. The second kappa shape index (κ2) is 8.42. The van der Waals surface area contributed by atoms with E-state index in [4.69, 9.17) is 5.11 Å². The molecule has 5 heteroatoms. The van der Waals surface area contributed by atoms with Gasteiger partial charge in [-0.2, -0.15) is 0 Å². The number of nitrogens with zero attached hydrogens (tertiary/aromatic N) is 1. The maximum Gasteiger partial charge on any atom is 0.307 e. The zero-order chi connectivity index (χ0) is 15.8. The Morgan fingerprint density at radius 3 is 2.43 bits per heavy atom. The molecule has 0 heterocycles. The van der Waals surface area contributed by atoms with E-state index in [0.717, 1.165) is 5.56 Å². The van der Waals surface area contributed by atoms with E-state index in [9.17, 15) is 9.59 Å². The summed E-state index contributed by atoms with van der Waals surface area (Å²) in [5.41, 5.74) is 2.24. The quantitative estimate of drug-likeness (QED) is 0.764. The zero-order valence-electron chi connectivity index (χ0n) is 12.9. The van der Waals surface area contributed by atoms with E-state index >= 15 is 0 Å². The minimum Gasteiger partial charge on any atom is -0.481 e. The third-order valence-corrected chi connectivity index (χ3v) is 3.38. The number of amides is 1. The van der Waals surface area contributed by atoms with Crippen LogP contribution in [0.5, 0.6) is 0 Å². The molecule has 0 aliphatic rings. The third kappa shape index (κ3) is 6.40. The van der Waals surface area contributed by atoms with Crippen molar-refractivity contribution in [2.45, 2.75) is 27.3 Å². The molecule has 0 bridgehead atoms. The molecule has 0 saturated carbocycles. The van der Waals surface area contributed by atoms with Crippen LogP contribution in [0, 0.1) is 12.8 Å². The van der Waals surface area contributed by atoms with Crippen LogP contribution in [-0.4, -0.2) is 41.5 Å². The molecule has 5 nitrogen and oxygen atoms in total. The number of aryl methyl sites for hydroxylation is 1. The van der Waals surface area contributed by atoms with Crippen molar-refractivity contribution in [1.82, 2.24) is 10.2 Å². The molecule has 0 radical (unpaired) electrons. The fraction of sp³-hybridized carbons (Fsp3) is 0.500. The Balaban J connectivity index is 2.40. The molecule has 0 spiro atoms. The topological polar surface area (TPSA) is 69.6 Å². The molecule has 0 aliphatic heterocycles. The Morgan fingerprint density at radius 1 is 1.29 bits per heavy atom. The van der Waals surface area contributed by atoms with Crippen LogP contribution in [0.1, 0.15) is 25.0 Å². The van der Waals surface area contributed by atoms with Crippen molar-refractivity contribution in [3.63, 3.8) is 0 Å². The highest BCUT2D eigenvalue weighted by Gasteiger charge is 2.17. The molecule has 116 valence electrons. The van der Waals surface area contributed by atoms with Gasteiger partial charge in [-0.3, -0.25) is 14.5 Å². The van der Waals surface area contributed by atoms with Crippen LogP contribution in [0.3, 0.4) is 0 Å². The standard InChI is InChI=1S/C16H24N2O3/c1-4-18(10-13(3)16(20)21)11-15(19)17-9-14-7-5-12(2)6-8-14/h5-8,13H,4,9-11H2,1-3H3,(H,17,19)(H,20,21). The number of nitrogens with one attached hydrogen (secondary N) is 1. The Morgan fingerprint density at radius 2 is 1.90 bits per heavy atom. The van der Waals surface area contributed by atoms with E-state index < -0.39 is 11.9 Å². The molecule has 2 N–H and O–H groups in total. The highest BCUT2D eigenvalue weighted by Crippen LogP contribution is 2.03. The summed E-state index contributed by atoms with van der Waals surface area (Å²) in [7, 11) is 0. The highest BCUT2D eigenvalue weighted by molar-refractivity contribution is 5.78. The van der Waals surface area contributed by atoms with Crippen molar-refractivity contribution in [2.75, 3.05) is 19.6 Å². The number of carboxylic acids is 1. The Bertz CT molecular complexity index is 471. The fourth-order valence-corrected chi connectivity index (χ4v) is 1.94. The van der Waals surface area contributed by atoms with Gasteiger partial charge in [0, 0.05) is 13.1 Å². The number of likely N-dealkylation sites (N-methyl/N-ethyl adjacent to an activating group) is 1. The molecule has 1 amide bonds. The number of rotatable bonds is 8. The number of hydrogen-bond acceptors (Lipinski definition) is 3. The smallest absolute Gasteiger partial charge is 0.307 e. The van der Waals surface area contributed by atoms with E-state index in [-0.39, 0.29) is 12.5 Å². The van der Waals surface area contributed by atoms with Crippen molar-refractivity contribution in [3.05, 3.63) is 35.4 Å². The summed E-state index contributed by atoms with van der Waals surface area (Å²) in [4.78, 5) is 24.6. The van der Waals surface area contributed by atoms with Gasteiger partial charge >= 0.3 is 5.97 Å². The van der Waals surface area contributed by atoms with E-state index in [2.05, 4.69) is 5.32 Å². The van der Waals surface area contributed by atoms with Crippen LogP contribution in [0.2, 0.25) is 0 Å². The van der Waals surface area contributed by atoms with Gasteiger partial charge in [-0.15, -0.1) is 0 Å². The number of carbonyl (C=O) groups is 2. The van der Waals surface area contributed by atoms with Crippen LogP contribution in [0.25, 0.3) is 0 Å². The molecule has 1 aromatic carbocycles. The largest absolute Gasteiger partial charge is 0.481 e. The number of carboxylic acid groups (broad SMARTS) is 1. The first-order valence-electron chi connectivity index (χ1n) is 7.19. The normalized spacial score (nSPS) is 12.2. The number of hydrogen-bond donors (Lipinski definition) is 2. The van der Waals surface area contributed by atoms with Crippen molar-refractivity contribution in [2.24, 2.45) is 5.92 Å². The third-order valence-electron chi connectivity index (χ3n) is 3.38. The van der Waals surface area contributed by atoms with Gasteiger partial charge in [0.05, 0.1) is 12.5 Å². The lowest BCUT2D eigenvalue weighted by Gasteiger charge is -2.21. The van der Waals surface area contributed by atoms with E-state index in [1.54, 1.807) is 6.92 Å². The molecular weight excluding hydrogens is 268 g/mol. The Kier molecular flexibility index (Phi) is 6.88. The first-order valence-corrected chi connectivity index (χ1v) is 7.19. The second-order valence-corrected chi connectivity index (χ2v) is 5.33. The van der Waals surface area contributed by atoms with Crippen molar-refractivity contribution >= 4 is 11.9 Å². The van der Waals surface area contributed by atoms with Gasteiger partial charge in [0.15, 0.2) is 0 Å².